The van der Waals surface area contributed by atoms with Gasteiger partial charge < -0.3 is 10.6 Å². The average molecular weight is 361 g/mol. The number of non-ortho nitro benzene ring substituents is 1. The molecule has 1 amide bonds. The maximum absolute atomic E-state index is 11.8. The molecule has 0 atom stereocenters. The van der Waals surface area contributed by atoms with Crippen molar-refractivity contribution >= 4 is 35.8 Å². The predicted octanol–water partition coefficient (Wildman–Crippen LogP) is 1.13. The molecule has 23 heavy (non-hydrogen) atoms. The first-order valence-corrected chi connectivity index (χ1v) is 8.21. The van der Waals surface area contributed by atoms with Gasteiger partial charge in [-0.3, -0.25) is 19.8 Å². The van der Waals surface area contributed by atoms with Crippen molar-refractivity contribution in [3.63, 3.8) is 0 Å². The normalized spacial score (nSPS) is 14.8. The quantitative estimate of drug-likeness (QED) is 0.430. The molecule has 7 nitrogen and oxygen atoms in total. The molecule has 1 aliphatic heterocycles. The standard InChI is InChI=1S/C14H20N4O3S.ClH/c19-14(16-7-10-17-8-5-15-6-9-17)11-22-13-3-1-12(2-4-13)18(20)21;/h1-4,15H,5-11H2,(H,16,19);1H. The van der Waals surface area contributed by atoms with E-state index >= 15 is 0 Å². The monoisotopic (exact) mass is 360 g/mol. The maximum Gasteiger partial charge on any atom is 0.269 e. The number of rotatable bonds is 7. The third-order valence-electron chi connectivity index (χ3n) is 3.38. The van der Waals surface area contributed by atoms with E-state index in [9.17, 15) is 14.9 Å². The molecule has 0 aliphatic carbocycles. The number of nitrogens with zero attached hydrogens (tertiary/aromatic N) is 2. The lowest BCUT2D eigenvalue weighted by molar-refractivity contribution is -0.384. The Balaban J connectivity index is 0.00000264. The summed E-state index contributed by atoms with van der Waals surface area (Å²) in [5, 5.41) is 16.7. The Morgan fingerprint density at radius 2 is 1.96 bits per heavy atom. The van der Waals surface area contributed by atoms with Crippen molar-refractivity contribution < 1.29 is 9.72 Å². The number of thioether (sulfide) groups is 1. The first-order chi connectivity index (χ1) is 10.6. The summed E-state index contributed by atoms with van der Waals surface area (Å²) < 4.78 is 0. The van der Waals surface area contributed by atoms with Gasteiger partial charge in [-0.2, -0.15) is 0 Å². The van der Waals surface area contributed by atoms with E-state index in [1.165, 1.54) is 23.9 Å². The number of nitro groups is 1. The highest BCUT2D eigenvalue weighted by molar-refractivity contribution is 8.00. The zero-order chi connectivity index (χ0) is 15.8. The van der Waals surface area contributed by atoms with Gasteiger partial charge in [0.2, 0.25) is 5.91 Å². The van der Waals surface area contributed by atoms with Gasteiger partial charge in [-0.1, -0.05) is 0 Å². The van der Waals surface area contributed by atoms with Crippen molar-refractivity contribution in [3.05, 3.63) is 34.4 Å². The van der Waals surface area contributed by atoms with Crippen LogP contribution in [0, 0.1) is 10.1 Å². The van der Waals surface area contributed by atoms with Gasteiger partial charge in [-0.25, -0.2) is 0 Å². The van der Waals surface area contributed by atoms with Crippen LogP contribution in [0.1, 0.15) is 0 Å². The summed E-state index contributed by atoms with van der Waals surface area (Å²) in [5.74, 6) is 0.304. The van der Waals surface area contributed by atoms with E-state index in [0.29, 0.717) is 12.3 Å². The van der Waals surface area contributed by atoms with E-state index in [4.69, 9.17) is 0 Å². The highest BCUT2D eigenvalue weighted by Gasteiger charge is 2.10. The SMILES string of the molecule is Cl.O=C(CSc1ccc([N+](=O)[O-])cc1)NCCN1CCNCC1. The van der Waals surface area contributed by atoms with Crippen molar-refractivity contribution in [1.82, 2.24) is 15.5 Å². The van der Waals surface area contributed by atoms with Gasteiger partial charge in [0.1, 0.15) is 0 Å². The van der Waals surface area contributed by atoms with Gasteiger partial charge >= 0.3 is 0 Å². The Morgan fingerprint density at radius 3 is 2.57 bits per heavy atom. The smallest absolute Gasteiger partial charge is 0.269 e. The third-order valence-corrected chi connectivity index (χ3v) is 4.39. The summed E-state index contributed by atoms with van der Waals surface area (Å²) in [6, 6.07) is 6.23. The van der Waals surface area contributed by atoms with Crippen molar-refractivity contribution in [3.8, 4) is 0 Å². The van der Waals surface area contributed by atoms with Crippen molar-refractivity contribution in [1.29, 1.82) is 0 Å². The van der Waals surface area contributed by atoms with E-state index in [1.54, 1.807) is 12.1 Å². The second kappa shape index (κ2) is 10.4. The largest absolute Gasteiger partial charge is 0.354 e. The van der Waals surface area contributed by atoms with Crippen LogP contribution in [0.15, 0.2) is 29.2 Å². The Morgan fingerprint density at radius 1 is 1.30 bits per heavy atom. The number of halogens is 1. The molecule has 9 heteroatoms. The first kappa shape index (κ1) is 19.7. The van der Waals surface area contributed by atoms with E-state index in [2.05, 4.69) is 15.5 Å². The molecule has 1 aromatic carbocycles. The van der Waals surface area contributed by atoms with Gasteiger partial charge in [0.25, 0.3) is 5.69 Å². The van der Waals surface area contributed by atoms with E-state index in [0.717, 1.165) is 37.6 Å². The van der Waals surface area contributed by atoms with Gasteiger partial charge in [-0.05, 0) is 12.1 Å². The molecule has 0 radical (unpaired) electrons. The predicted molar refractivity (Wildman–Crippen MR) is 93.4 cm³/mol. The van der Waals surface area contributed by atoms with Crippen LogP contribution < -0.4 is 10.6 Å². The minimum absolute atomic E-state index is 0. The van der Waals surface area contributed by atoms with Crippen LogP contribution in [0.4, 0.5) is 5.69 Å². The number of piperazine rings is 1. The lowest BCUT2D eigenvalue weighted by atomic mass is 10.3. The molecule has 2 rings (SSSR count). The van der Waals surface area contributed by atoms with Crippen LogP contribution in [0.25, 0.3) is 0 Å². The van der Waals surface area contributed by atoms with Crippen LogP contribution in [0.5, 0.6) is 0 Å². The van der Waals surface area contributed by atoms with E-state index in [1.807, 2.05) is 0 Å². The molecule has 1 aromatic rings. The van der Waals surface area contributed by atoms with E-state index < -0.39 is 4.92 Å². The number of benzene rings is 1. The van der Waals surface area contributed by atoms with Gasteiger partial charge in [0, 0.05) is 56.3 Å². The average Bonchev–Trinajstić information content (AvgIpc) is 2.54. The molecule has 1 saturated heterocycles. The van der Waals surface area contributed by atoms with E-state index in [-0.39, 0.29) is 24.0 Å². The van der Waals surface area contributed by atoms with Gasteiger partial charge in [0.05, 0.1) is 10.7 Å². The summed E-state index contributed by atoms with van der Waals surface area (Å²) >= 11 is 1.38. The second-order valence-corrected chi connectivity index (χ2v) is 6.03. The fraction of sp³-hybridized carbons (Fsp3) is 0.500. The number of hydrogen-bond acceptors (Lipinski definition) is 6. The number of carbonyl (C=O) groups is 1. The zero-order valence-corrected chi connectivity index (χ0v) is 14.3. The Bertz CT molecular complexity index is 509. The fourth-order valence-electron chi connectivity index (χ4n) is 2.15. The molecule has 0 aromatic heterocycles. The number of amides is 1. The van der Waals surface area contributed by atoms with Crippen LogP contribution in [0.3, 0.4) is 0 Å². The summed E-state index contributed by atoms with van der Waals surface area (Å²) in [5.41, 5.74) is 0.0600. The summed E-state index contributed by atoms with van der Waals surface area (Å²) in [7, 11) is 0. The molecule has 0 spiro atoms. The summed E-state index contributed by atoms with van der Waals surface area (Å²) in [4.78, 5) is 25.1. The zero-order valence-electron chi connectivity index (χ0n) is 12.7. The molecule has 128 valence electrons. The van der Waals surface area contributed by atoms with Crippen LogP contribution in [-0.4, -0.2) is 60.8 Å². The first-order valence-electron chi connectivity index (χ1n) is 7.22. The summed E-state index contributed by atoms with van der Waals surface area (Å²) in [6.07, 6.45) is 0. The third kappa shape index (κ3) is 7.17. The Labute approximate surface area is 145 Å². The molecule has 1 heterocycles. The maximum atomic E-state index is 11.8. The van der Waals surface area contributed by atoms with Crippen LogP contribution >= 0.6 is 24.2 Å². The number of carbonyl (C=O) groups excluding carboxylic acids is 1. The topological polar surface area (TPSA) is 87.5 Å². The highest BCUT2D eigenvalue weighted by Crippen LogP contribution is 2.20. The number of nitro benzene ring substituents is 1. The molecule has 2 N–H and O–H groups in total. The molecule has 0 saturated carbocycles. The molecule has 0 bridgehead atoms. The lowest BCUT2D eigenvalue weighted by Crippen LogP contribution is -2.46. The molecule has 0 unspecified atom stereocenters. The molecular weight excluding hydrogens is 340 g/mol. The lowest BCUT2D eigenvalue weighted by Gasteiger charge is -2.27. The number of hydrogen-bond donors (Lipinski definition) is 2. The Hall–Kier alpha value is -1.35. The molecular formula is C14H21ClN4O3S. The van der Waals surface area contributed by atoms with Gasteiger partial charge in [-0.15, -0.1) is 24.2 Å². The highest BCUT2D eigenvalue weighted by atomic mass is 35.5. The van der Waals surface area contributed by atoms with Crippen LogP contribution in [-0.2, 0) is 4.79 Å². The molecule has 1 fully saturated rings. The van der Waals surface area contributed by atoms with Crippen molar-refractivity contribution in [2.75, 3.05) is 45.0 Å². The fourth-order valence-corrected chi connectivity index (χ4v) is 2.88. The number of nitrogens with one attached hydrogen (secondary N) is 2. The Kier molecular flexibility index (Phi) is 8.93. The van der Waals surface area contributed by atoms with Crippen molar-refractivity contribution in [2.24, 2.45) is 0 Å². The summed E-state index contributed by atoms with van der Waals surface area (Å²) in [6.45, 7) is 5.57. The van der Waals surface area contributed by atoms with Crippen molar-refractivity contribution in [2.45, 2.75) is 4.90 Å². The minimum Gasteiger partial charge on any atom is -0.354 e. The van der Waals surface area contributed by atoms with Gasteiger partial charge in [0.15, 0.2) is 0 Å². The second-order valence-electron chi connectivity index (χ2n) is 4.98. The molecule has 1 aliphatic rings. The van der Waals surface area contributed by atoms with Crippen LogP contribution in [0.2, 0.25) is 0 Å². The minimum atomic E-state index is -0.433.